The van der Waals surface area contributed by atoms with Gasteiger partial charge in [-0.2, -0.15) is 0 Å². The molecule has 0 radical (unpaired) electrons. The summed E-state index contributed by atoms with van der Waals surface area (Å²) in [7, 11) is 3.72. The van der Waals surface area contributed by atoms with Crippen molar-refractivity contribution in [2.24, 2.45) is 0 Å². The molecule has 0 bridgehead atoms. The molecule has 0 aliphatic heterocycles. The first-order chi connectivity index (χ1) is 8.74. The molecule has 0 amide bonds. The second-order valence-electron chi connectivity index (χ2n) is 4.35. The topological polar surface area (TPSA) is 21.3 Å². The van der Waals surface area contributed by atoms with Crippen molar-refractivity contribution >= 4 is 11.3 Å². The van der Waals surface area contributed by atoms with Crippen LogP contribution in [0.4, 0.5) is 0 Å². The van der Waals surface area contributed by atoms with E-state index in [4.69, 9.17) is 4.74 Å². The number of nitrogens with one attached hydrogen (secondary N) is 1. The van der Waals surface area contributed by atoms with E-state index in [-0.39, 0.29) is 0 Å². The second-order valence-corrected chi connectivity index (χ2v) is 5.38. The minimum absolute atomic E-state index is 0.356. The quantitative estimate of drug-likeness (QED) is 0.888. The third-order valence-electron chi connectivity index (χ3n) is 3.19. The number of rotatable bonds is 5. The number of thiophene rings is 1. The van der Waals surface area contributed by atoms with Gasteiger partial charge in [-0.25, -0.2) is 0 Å². The Balaban J connectivity index is 2.22. The summed E-state index contributed by atoms with van der Waals surface area (Å²) in [5, 5.41) is 5.53. The van der Waals surface area contributed by atoms with Crippen molar-refractivity contribution in [2.75, 3.05) is 14.2 Å². The smallest absolute Gasteiger partial charge is 0.119 e. The van der Waals surface area contributed by atoms with Gasteiger partial charge in [-0.15, -0.1) is 11.3 Å². The standard InChI is InChI=1S/C15H19NOS/c1-11-9-12(17-3)6-7-14(11)15(16-2)10-13-5-4-8-18-13/h4-9,15-16H,10H2,1-3H3. The highest BCUT2D eigenvalue weighted by atomic mass is 32.1. The van der Waals surface area contributed by atoms with Crippen LogP contribution in [0.1, 0.15) is 22.0 Å². The van der Waals surface area contributed by atoms with Crippen LogP contribution < -0.4 is 10.1 Å². The number of hydrogen-bond acceptors (Lipinski definition) is 3. The van der Waals surface area contributed by atoms with Gasteiger partial charge in [0.15, 0.2) is 0 Å². The third-order valence-corrected chi connectivity index (χ3v) is 4.08. The normalized spacial score (nSPS) is 12.4. The molecule has 1 atom stereocenters. The highest BCUT2D eigenvalue weighted by Crippen LogP contribution is 2.26. The third kappa shape index (κ3) is 2.92. The van der Waals surface area contributed by atoms with Crippen molar-refractivity contribution in [1.82, 2.24) is 5.32 Å². The van der Waals surface area contributed by atoms with Crippen molar-refractivity contribution in [3.8, 4) is 5.75 Å². The van der Waals surface area contributed by atoms with Crippen LogP contribution in [0.5, 0.6) is 5.75 Å². The lowest BCUT2D eigenvalue weighted by molar-refractivity contribution is 0.414. The molecule has 0 saturated carbocycles. The van der Waals surface area contributed by atoms with Crippen LogP contribution in [0.3, 0.4) is 0 Å². The summed E-state index contributed by atoms with van der Waals surface area (Å²) < 4.78 is 5.25. The molecule has 1 aromatic carbocycles. The molecule has 0 fully saturated rings. The fraction of sp³-hybridized carbons (Fsp3) is 0.333. The van der Waals surface area contributed by atoms with Crippen molar-refractivity contribution in [3.05, 3.63) is 51.7 Å². The molecule has 0 saturated heterocycles. The molecule has 2 nitrogen and oxygen atoms in total. The van der Waals surface area contributed by atoms with Crippen molar-refractivity contribution in [3.63, 3.8) is 0 Å². The Morgan fingerprint density at radius 1 is 1.33 bits per heavy atom. The second kappa shape index (κ2) is 6.03. The zero-order chi connectivity index (χ0) is 13.0. The Morgan fingerprint density at radius 2 is 2.17 bits per heavy atom. The molecular weight excluding hydrogens is 242 g/mol. The predicted molar refractivity (Wildman–Crippen MR) is 77.6 cm³/mol. The molecule has 1 unspecified atom stereocenters. The molecule has 1 N–H and O–H groups in total. The number of hydrogen-bond donors (Lipinski definition) is 1. The van der Waals surface area contributed by atoms with Crippen LogP contribution >= 0.6 is 11.3 Å². The van der Waals surface area contributed by atoms with E-state index in [1.54, 1.807) is 7.11 Å². The molecule has 1 heterocycles. The van der Waals surface area contributed by atoms with Gasteiger partial charge in [-0.1, -0.05) is 12.1 Å². The lowest BCUT2D eigenvalue weighted by atomic mass is 9.98. The Labute approximate surface area is 113 Å². The summed E-state index contributed by atoms with van der Waals surface area (Å²) in [5.41, 5.74) is 2.61. The Bertz CT molecular complexity index is 493. The van der Waals surface area contributed by atoms with Crippen molar-refractivity contribution in [2.45, 2.75) is 19.4 Å². The van der Waals surface area contributed by atoms with Crippen LogP contribution in [0.25, 0.3) is 0 Å². The van der Waals surface area contributed by atoms with E-state index in [0.29, 0.717) is 6.04 Å². The molecule has 2 rings (SSSR count). The molecular formula is C15H19NOS. The van der Waals surface area contributed by atoms with E-state index in [2.05, 4.69) is 41.9 Å². The van der Waals surface area contributed by atoms with Crippen LogP contribution in [0.2, 0.25) is 0 Å². The van der Waals surface area contributed by atoms with Gasteiger partial charge in [0.05, 0.1) is 7.11 Å². The maximum atomic E-state index is 5.25. The van der Waals surface area contributed by atoms with Crippen LogP contribution in [-0.2, 0) is 6.42 Å². The Morgan fingerprint density at radius 3 is 2.72 bits per heavy atom. The van der Waals surface area contributed by atoms with Crippen molar-refractivity contribution in [1.29, 1.82) is 0 Å². The molecule has 3 heteroatoms. The number of ether oxygens (including phenoxy) is 1. The minimum atomic E-state index is 0.356. The number of benzene rings is 1. The summed E-state index contributed by atoms with van der Waals surface area (Å²) in [6.45, 7) is 2.14. The molecule has 1 aromatic heterocycles. The Kier molecular flexibility index (Phi) is 4.39. The van der Waals surface area contributed by atoms with E-state index >= 15 is 0 Å². The largest absolute Gasteiger partial charge is 0.497 e. The van der Waals surface area contributed by atoms with Gasteiger partial charge in [0, 0.05) is 17.3 Å². The lowest BCUT2D eigenvalue weighted by Gasteiger charge is -2.18. The molecule has 18 heavy (non-hydrogen) atoms. The summed E-state index contributed by atoms with van der Waals surface area (Å²) in [6.07, 6.45) is 1.03. The van der Waals surface area contributed by atoms with Crippen LogP contribution in [-0.4, -0.2) is 14.2 Å². The average Bonchev–Trinajstić information content (AvgIpc) is 2.89. The molecule has 0 aliphatic rings. The minimum Gasteiger partial charge on any atom is -0.497 e. The van der Waals surface area contributed by atoms with Crippen LogP contribution in [0.15, 0.2) is 35.7 Å². The number of likely N-dealkylation sites (N-methyl/N-ethyl adjacent to an activating group) is 1. The van der Waals surface area contributed by atoms with Gasteiger partial charge in [-0.3, -0.25) is 0 Å². The first kappa shape index (κ1) is 13.1. The highest BCUT2D eigenvalue weighted by molar-refractivity contribution is 7.09. The van der Waals surface area contributed by atoms with Crippen LogP contribution in [0, 0.1) is 6.92 Å². The average molecular weight is 261 g/mol. The lowest BCUT2D eigenvalue weighted by Crippen LogP contribution is -2.19. The fourth-order valence-corrected chi connectivity index (χ4v) is 2.92. The maximum Gasteiger partial charge on any atom is 0.119 e. The molecule has 0 spiro atoms. The molecule has 0 aliphatic carbocycles. The highest BCUT2D eigenvalue weighted by Gasteiger charge is 2.13. The van der Waals surface area contributed by atoms with Gasteiger partial charge < -0.3 is 10.1 Å². The summed E-state index contributed by atoms with van der Waals surface area (Å²) in [4.78, 5) is 1.41. The monoisotopic (exact) mass is 261 g/mol. The fourth-order valence-electron chi connectivity index (χ4n) is 2.16. The zero-order valence-corrected chi connectivity index (χ0v) is 11.9. The van der Waals surface area contributed by atoms with E-state index in [1.165, 1.54) is 16.0 Å². The first-order valence-electron chi connectivity index (χ1n) is 6.08. The van der Waals surface area contributed by atoms with Crippen molar-refractivity contribution < 1.29 is 4.74 Å². The first-order valence-corrected chi connectivity index (χ1v) is 6.96. The van der Waals surface area contributed by atoms with E-state index in [1.807, 2.05) is 24.5 Å². The molecule has 96 valence electrons. The summed E-state index contributed by atoms with van der Waals surface area (Å²) >= 11 is 1.81. The predicted octanol–water partition coefficient (Wildman–Crippen LogP) is 3.57. The molecule has 2 aromatic rings. The van der Waals surface area contributed by atoms with Gasteiger partial charge in [0.1, 0.15) is 5.75 Å². The number of aryl methyl sites for hydroxylation is 1. The van der Waals surface area contributed by atoms with E-state index < -0.39 is 0 Å². The van der Waals surface area contributed by atoms with Gasteiger partial charge in [-0.05, 0) is 48.7 Å². The van der Waals surface area contributed by atoms with Gasteiger partial charge in [0.25, 0.3) is 0 Å². The van der Waals surface area contributed by atoms with Gasteiger partial charge >= 0.3 is 0 Å². The van der Waals surface area contributed by atoms with E-state index in [0.717, 1.165) is 12.2 Å². The van der Waals surface area contributed by atoms with E-state index in [9.17, 15) is 0 Å². The Hall–Kier alpha value is -1.32. The summed E-state index contributed by atoms with van der Waals surface area (Å²) in [5.74, 6) is 0.919. The summed E-state index contributed by atoms with van der Waals surface area (Å²) in [6, 6.07) is 10.9. The zero-order valence-electron chi connectivity index (χ0n) is 11.1. The maximum absolute atomic E-state index is 5.25. The SMILES string of the molecule is CNC(Cc1cccs1)c1ccc(OC)cc1C. The number of methoxy groups -OCH3 is 1. The van der Waals surface area contributed by atoms with Gasteiger partial charge in [0.2, 0.25) is 0 Å².